The van der Waals surface area contributed by atoms with Gasteiger partial charge in [-0.1, -0.05) is 6.07 Å². The number of rotatable bonds is 4. The molecule has 0 saturated carbocycles. The molecule has 2 aromatic heterocycles. The number of fused-ring (bicyclic) bond motifs is 2. The summed E-state index contributed by atoms with van der Waals surface area (Å²) in [4.78, 5) is 22.3. The highest BCUT2D eigenvalue weighted by atomic mass is 16.1. The van der Waals surface area contributed by atoms with Crippen LogP contribution in [0.1, 0.15) is 42.1 Å². The van der Waals surface area contributed by atoms with E-state index in [4.69, 9.17) is 4.98 Å². The molecule has 1 aliphatic rings. The average molecular weight is 440 g/mol. The van der Waals surface area contributed by atoms with Crippen LogP contribution in [0.3, 0.4) is 0 Å². The molecule has 8 nitrogen and oxygen atoms in total. The van der Waals surface area contributed by atoms with Gasteiger partial charge in [0.25, 0.3) is 5.56 Å². The van der Waals surface area contributed by atoms with Gasteiger partial charge in [0.05, 0.1) is 17.3 Å². The summed E-state index contributed by atoms with van der Waals surface area (Å²) in [6, 6.07) is 13.9. The van der Waals surface area contributed by atoms with E-state index in [1.54, 1.807) is 16.9 Å². The van der Waals surface area contributed by atoms with Gasteiger partial charge in [0.2, 0.25) is 5.95 Å². The van der Waals surface area contributed by atoms with E-state index in [9.17, 15) is 10.1 Å². The van der Waals surface area contributed by atoms with Gasteiger partial charge in [0.15, 0.2) is 5.65 Å². The predicted molar refractivity (Wildman–Crippen MR) is 128 cm³/mol. The lowest BCUT2D eigenvalue weighted by atomic mass is 10.0. The summed E-state index contributed by atoms with van der Waals surface area (Å²) >= 11 is 0. The van der Waals surface area contributed by atoms with Gasteiger partial charge in [-0.3, -0.25) is 4.79 Å². The molecule has 0 saturated heterocycles. The zero-order chi connectivity index (χ0) is 23.1. The third-order valence-corrected chi connectivity index (χ3v) is 6.04. The molecule has 0 fully saturated rings. The summed E-state index contributed by atoms with van der Waals surface area (Å²) in [6.45, 7) is 7.66. The number of nitrogens with zero attached hydrogens (tertiary/aromatic N) is 5. The Morgan fingerprint density at radius 2 is 2.03 bits per heavy atom. The molecule has 166 valence electrons. The van der Waals surface area contributed by atoms with Crippen molar-refractivity contribution in [3.63, 3.8) is 0 Å². The first-order chi connectivity index (χ1) is 16.0. The molecule has 4 aromatic rings. The molecule has 8 heteroatoms. The van der Waals surface area contributed by atoms with Crippen molar-refractivity contribution < 1.29 is 0 Å². The van der Waals surface area contributed by atoms with Crippen LogP contribution in [0.15, 0.2) is 47.4 Å². The van der Waals surface area contributed by atoms with E-state index in [1.807, 2.05) is 43.7 Å². The third-order valence-electron chi connectivity index (χ3n) is 6.04. The van der Waals surface area contributed by atoms with E-state index in [0.717, 1.165) is 36.4 Å². The Bertz CT molecular complexity index is 1470. The Balaban J connectivity index is 1.63. The summed E-state index contributed by atoms with van der Waals surface area (Å²) in [6.07, 6.45) is 2.57. The van der Waals surface area contributed by atoms with Crippen molar-refractivity contribution in [3.05, 3.63) is 75.2 Å². The highest BCUT2D eigenvalue weighted by Gasteiger charge is 2.20. The molecule has 33 heavy (non-hydrogen) atoms. The van der Waals surface area contributed by atoms with Gasteiger partial charge < -0.3 is 10.6 Å². The molecule has 0 radical (unpaired) electrons. The van der Waals surface area contributed by atoms with Gasteiger partial charge in [0, 0.05) is 24.5 Å². The number of aryl methyl sites for hydroxylation is 1. The summed E-state index contributed by atoms with van der Waals surface area (Å²) in [5, 5.41) is 16.4. The molecule has 0 spiro atoms. The zero-order valence-corrected chi connectivity index (χ0v) is 18.9. The average Bonchev–Trinajstić information content (AvgIpc) is 3.11. The number of hydrogen-bond acceptors (Lipinski definition) is 6. The first kappa shape index (κ1) is 20.9. The Morgan fingerprint density at radius 3 is 2.79 bits per heavy atom. The number of hydrogen-bond donors (Lipinski definition) is 2. The smallest absolute Gasteiger partial charge is 0.278 e. The minimum atomic E-state index is -0.144. The van der Waals surface area contributed by atoms with Crippen LogP contribution in [0.2, 0.25) is 0 Å². The Kier molecular flexibility index (Phi) is 5.19. The summed E-state index contributed by atoms with van der Waals surface area (Å²) < 4.78 is 3.50. The standard InChI is InChI=1S/C25H25N7O/c1-15(2)31-24(33)22-14-28-25(29-20-6-4-19-13-27-9-8-17(19)11-20)30-23(22)32(31)21-7-5-18(12-26)16(3)10-21/h4-7,10-11,14-15,27H,8-9,13H2,1-3H3,(H,28,29,30). The second kappa shape index (κ2) is 8.19. The molecule has 0 atom stereocenters. The third kappa shape index (κ3) is 3.66. The summed E-state index contributed by atoms with van der Waals surface area (Å²) in [5.74, 6) is 0.427. The first-order valence-corrected chi connectivity index (χ1v) is 11.1. The first-order valence-electron chi connectivity index (χ1n) is 11.1. The molecule has 2 aromatic carbocycles. The fourth-order valence-corrected chi connectivity index (χ4v) is 4.36. The highest BCUT2D eigenvalue weighted by molar-refractivity contribution is 5.77. The molecule has 2 N–H and O–H groups in total. The highest BCUT2D eigenvalue weighted by Crippen LogP contribution is 2.24. The summed E-state index contributed by atoms with van der Waals surface area (Å²) in [5.41, 5.74) is 6.15. The van der Waals surface area contributed by atoms with Crippen molar-refractivity contribution >= 4 is 22.7 Å². The number of nitriles is 1. The second-order valence-electron chi connectivity index (χ2n) is 8.63. The van der Waals surface area contributed by atoms with Gasteiger partial charge in [-0.2, -0.15) is 10.2 Å². The van der Waals surface area contributed by atoms with Crippen LogP contribution in [0.4, 0.5) is 11.6 Å². The fraction of sp³-hybridized carbons (Fsp3) is 0.280. The second-order valence-corrected chi connectivity index (χ2v) is 8.63. The zero-order valence-electron chi connectivity index (χ0n) is 18.9. The quantitative estimate of drug-likeness (QED) is 0.503. The van der Waals surface area contributed by atoms with Crippen LogP contribution in [0.25, 0.3) is 16.7 Å². The molecular formula is C25H25N7O. The molecular weight excluding hydrogens is 414 g/mol. The Labute approximate surface area is 191 Å². The Morgan fingerprint density at radius 1 is 1.18 bits per heavy atom. The van der Waals surface area contributed by atoms with Crippen LogP contribution in [0, 0.1) is 18.3 Å². The van der Waals surface area contributed by atoms with Gasteiger partial charge in [-0.05, 0) is 80.8 Å². The fourth-order valence-electron chi connectivity index (χ4n) is 4.36. The normalized spacial score (nSPS) is 13.2. The van der Waals surface area contributed by atoms with E-state index < -0.39 is 0 Å². The van der Waals surface area contributed by atoms with E-state index in [-0.39, 0.29) is 11.6 Å². The topological polar surface area (TPSA) is 101 Å². The number of anilines is 2. The molecule has 5 rings (SSSR count). The van der Waals surface area contributed by atoms with Crippen molar-refractivity contribution in [1.82, 2.24) is 24.6 Å². The SMILES string of the molecule is Cc1cc(-n2c3nc(Nc4ccc5c(c4)CCNC5)ncc3c(=O)n2C(C)C)ccc1C#N. The maximum atomic E-state index is 13.2. The molecule has 0 amide bonds. The van der Waals surface area contributed by atoms with Crippen LogP contribution in [-0.4, -0.2) is 25.9 Å². The van der Waals surface area contributed by atoms with Gasteiger partial charge in [-0.15, -0.1) is 0 Å². The van der Waals surface area contributed by atoms with Crippen molar-refractivity contribution in [2.75, 3.05) is 11.9 Å². The molecule has 0 unspecified atom stereocenters. The van der Waals surface area contributed by atoms with Gasteiger partial charge in [0.1, 0.15) is 5.39 Å². The predicted octanol–water partition coefficient (Wildman–Crippen LogP) is 3.73. The molecule has 0 aliphatic carbocycles. The van der Waals surface area contributed by atoms with Crippen molar-refractivity contribution in [1.29, 1.82) is 5.26 Å². The molecule has 0 bridgehead atoms. The maximum Gasteiger partial charge on any atom is 0.278 e. The monoisotopic (exact) mass is 439 g/mol. The molecule has 1 aliphatic heterocycles. The molecule has 3 heterocycles. The van der Waals surface area contributed by atoms with Crippen LogP contribution in [-0.2, 0) is 13.0 Å². The Hall–Kier alpha value is -3.96. The van der Waals surface area contributed by atoms with E-state index in [0.29, 0.717) is 22.5 Å². The lowest BCUT2D eigenvalue weighted by Gasteiger charge is -2.18. The van der Waals surface area contributed by atoms with Gasteiger partial charge in [-0.25, -0.2) is 14.3 Å². The minimum Gasteiger partial charge on any atom is -0.324 e. The summed E-state index contributed by atoms with van der Waals surface area (Å²) in [7, 11) is 0. The number of aromatic nitrogens is 4. The van der Waals surface area contributed by atoms with E-state index in [2.05, 4.69) is 33.8 Å². The number of nitrogens with one attached hydrogen (secondary N) is 2. The maximum absolute atomic E-state index is 13.2. The lowest BCUT2D eigenvalue weighted by molar-refractivity contribution is 0.476. The van der Waals surface area contributed by atoms with Gasteiger partial charge >= 0.3 is 0 Å². The minimum absolute atomic E-state index is 0.0895. The van der Waals surface area contributed by atoms with Crippen LogP contribution in [0.5, 0.6) is 0 Å². The van der Waals surface area contributed by atoms with Crippen LogP contribution >= 0.6 is 0 Å². The van der Waals surface area contributed by atoms with Crippen molar-refractivity contribution in [2.45, 2.75) is 39.8 Å². The van der Waals surface area contributed by atoms with E-state index >= 15 is 0 Å². The van der Waals surface area contributed by atoms with Crippen LogP contribution < -0.4 is 16.2 Å². The van der Waals surface area contributed by atoms with Crippen molar-refractivity contribution in [3.8, 4) is 11.8 Å². The van der Waals surface area contributed by atoms with E-state index in [1.165, 1.54) is 11.1 Å². The largest absolute Gasteiger partial charge is 0.324 e. The van der Waals surface area contributed by atoms with Crippen molar-refractivity contribution in [2.24, 2.45) is 0 Å². The number of benzene rings is 2. The lowest BCUT2D eigenvalue weighted by Crippen LogP contribution is -2.24.